The van der Waals surface area contributed by atoms with Crippen molar-refractivity contribution < 1.29 is 9.47 Å². The molecule has 4 nitrogen and oxygen atoms in total. The van der Waals surface area contributed by atoms with Crippen LogP contribution in [0.4, 0.5) is 5.69 Å². The maximum absolute atomic E-state index is 5.83. The molecule has 0 aliphatic rings. The molecule has 0 aromatic heterocycles. The molecule has 0 aliphatic heterocycles. The summed E-state index contributed by atoms with van der Waals surface area (Å²) in [6.07, 6.45) is 3.17. The van der Waals surface area contributed by atoms with Gasteiger partial charge in [-0.3, -0.25) is 0 Å². The van der Waals surface area contributed by atoms with Crippen LogP contribution in [0.25, 0.3) is 0 Å². The Morgan fingerprint density at radius 1 is 0.923 bits per heavy atom. The van der Waals surface area contributed by atoms with Gasteiger partial charge in [0, 0.05) is 16.7 Å². The van der Waals surface area contributed by atoms with Gasteiger partial charge in [0.15, 0.2) is 11.5 Å². The number of benzene rings is 2. The lowest BCUT2D eigenvalue weighted by atomic mass is 10.1. The highest BCUT2D eigenvalue weighted by Gasteiger charge is 2.06. The minimum absolute atomic E-state index is 0. The lowest BCUT2D eigenvalue weighted by Crippen LogP contribution is -2.22. The molecule has 2 N–H and O–H groups in total. The number of hydrogen-bond donors (Lipinski definition) is 1. The van der Waals surface area contributed by atoms with Crippen molar-refractivity contribution in [3.8, 4) is 11.5 Å². The number of aryl methyl sites for hydroxylation is 1. The minimum Gasteiger partial charge on any atom is -0.493 e. The molecular weight excluding hydrogens is 416 g/mol. The number of nitrogens with two attached hydrogens (primary N) is 1. The van der Waals surface area contributed by atoms with Gasteiger partial charge in [-0.1, -0.05) is 12.1 Å². The van der Waals surface area contributed by atoms with E-state index in [-0.39, 0.29) is 12.4 Å². The van der Waals surface area contributed by atoms with Gasteiger partial charge in [-0.2, -0.15) is 0 Å². The average molecular weight is 444 g/mol. The highest BCUT2D eigenvalue weighted by molar-refractivity contribution is 9.10. The molecule has 6 heteroatoms. The number of anilines is 1. The Morgan fingerprint density at radius 3 is 2.23 bits per heavy atom. The fraction of sp³-hybridized carbons (Fsp3) is 0.400. The second-order valence-corrected chi connectivity index (χ2v) is 7.06. The third kappa shape index (κ3) is 6.71. The van der Waals surface area contributed by atoms with Gasteiger partial charge in [-0.15, -0.1) is 12.4 Å². The van der Waals surface area contributed by atoms with Crippen LogP contribution in [0.5, 0.6) is 11.5 Å². The number of halogens is 2. The summed E-state index contributed by atoms with van der Waals surface area (Å²) in [7, 11) is 5.49. The van der Waals surface area contributed by atoms with E-state index < -0.39 is 0 Å². The van der Waals surface area contributed by atoms with Crippen molar-refractivity contribution in [2.45, 2.75) is 19.3 Å². The summed E-state index contributed by atoms with van der Waals surface area (Å²) >= 11 is 3.48. The van der Waals surface area contributed by atoms with Crippen molar-refractivity contribution in [3.05, 3.63) is 52.0 Å². The van der Waals surface area contributed by atoms with Crippen molar-refractivity contribution in [1.82, 2.24) is 4.90 Å². The Balaban J connectivity index is 0.00000338. The van der Waals surface area contributed by atoms with Crippen molar-refractivity contribution >= 4 is 34.0 Å². The van der Waals surface area contributed by atoms with Crippen LogP contribution in [0, 0.1) is 0 Å². The van der Waals surface area contributed by atoms with Gasteiger partial charge >= 0.3 is 0 Å². The summed E-state index contributed by atoms with van der Waals surface area (Å²) in [5, 5.41) is 0. The predicted octanol–water partition coefficient (Wildman–Crippen LogP) is 4.58. The van der Waals surface area contributed by atoms with Gasteiger partial charge in [0.05, 0.1) is 14.2 Å². The van der Waals surface area contributed by atoms with Gasteiger partial charge in [0.2, 0.25) is 0 Å². The summed E-state index contributed by atoms with van der Waals surface area (Å²) in [5.74, 6) is 1.56. The number of nitrogen functional groups attached to an aromatic ring is 1. The molecule has 0 saturated heterocycles. The third-order valence-corrected chi connectivity index (χ3v) is 4.99. The maximum Gasteiger partial charge on any atom is 0.160 e. The largest absolute Gasteiger partial charge is 0.493 e. The Labute approximate surface area is 171 Å². The van der Waals surface area contributed by atoms with Gasteiger partial charge in [0.25, 0.3) is 0 Å². The molecule has 0 aliphatic carbocycles. The first-order valence-corrected chi connectivity index (χ1v) is 9.26. The molecular formula is C20H28BrClN2O2. The standard InChI is InChI=1S/C20H27BrN2O2.ClH/c1-23(11-4-5-15-6-8-18(22)17(21)13-15)12-10-16-7-9-19(24-2)20(14-16)25-3;/h6-9,13-14H,4-5,10-12,22H2,1-3H3;1H. The monoisotopic (exact) mass is 442 g/mol. The van der Waals surface area contributed by atoms with Crippen LogP contribution < -0.4 is 15.2 Å². The third-order valence-electron chi connectivity index (χ3n) is 4.30. The fourth-order valence-electron chi connectivity index (χ4n) is 2.75. The molecule has 0 heterocycles. The number of rotatable bonds is 9. The molecule has 0 saturated carbocycles. The lowest BCUT2D eigenvalue weighted by molar-refractivity contribution is 0.332. The van der Waals surface area contributed by atoms with Crippen LogP contribution in [0.15, 0.2) is 40.9 Å². The maximum atomic E-state index is 5.83. The van der Waals surface area contributed by atoms with Crippen LogP contribution in [0.3, 0.4) is 0 Å². The summed E-state index contributed by atoms with van der Waals surface area (Å²) in [4.78, 5) is 2.36. The molecule has 144 valence electrons. The van der Waals surface area contributed by atoms with Crippen LogP contribution in [0.2, 0.25) is 0 Å². The molecule has 2 aromatic carbocycles. The SMILES string of the molecule is COc1ccc(CCN(C)CCCc2ccc(N)c(Br)c2)cc1OC.Cl. The van der Waals surface area contributed by atoms with Crippen molar-refractivity contribution in [3.63, 3.8) is 0 Å². The topological polar surface area (TPSA) is 47.7 Å². The molecule has 2 aromatic rings. The number of ether oxygens (including phenoxy) is 2. The molecule has 0 amide bonds. The van der Waals surface area contributed by atoms with E-state index in [9.17, 15) is 0 Å². The molecule has 26 heavy (non-hydrogen) atoms. The normalized spacial score (nSPS) is 10.5. The summed E-state index contributed by atoms with van der Waals surface area (Å²) in [6, 6.07) is 12.3. The van der Waals surface area contributed by atoms with E-state index in [0.29, 0.717) is 0 Å². The van der Waals surface area contributed by atoms with Gasteiger partial charge in [-0.05, 0) is 84.2 Å². The first kappa shape index (κ1) is 22.6. The van der Waals surface area contributed by atoms with E-state index in [1.165, 1.54) is 11.1 Å². The fourth-order valence-corrected chi connectivity index (χ4v) is 3.17. The van der Waals surface area contributed by atoms with E-state index in [1.54, 1.807) is 14.2 Å². The highest BCUT2D eigenvalue weighted by atomic mass is 79.9. The first-order valence-electron chi connectivity index (χ1n) is 8.47. The van der Waals surface area contributed by atoms with Crippen molar-refractivity contribution in [2.75, 3.05) is 40.1 Å². The number of likely N-dealkylation sites (N-methyl/N-ethyl adjacent to an activating group) is 1. The van der Waals surface area contributed by atoms with Crippen LogP contribution in [-0.2, 0) is 12.8 Å². The van der Waals surface area contributed by atoms with Gasteiger partial charge in [0.1, 0.15) is 0 Å². The van der Waals surface area contributed by atoms with Crippen molar-refractivity contribution in [1.29, 1.82) is 0 Å². The zero-order chi connectivity index (χ0) is 18.2. The first-order chi connectivity index (χ1) is 12.0. The van der Waals surface area contributed by atoms with E-state index in [1.807, 2.05) is 12.1 Å². The average Bonchev–Trinajstić information content (AvgIpc) is 2.62. The second-order valence-electron chi connectivity index (χ2n) is 6.20. The molecule has 0 unspecified atom stereocenters. The molecule has 0 spiro atoms. The predicted molar refractivity (Wildman–Crippen MR) is 115 cm³/mol. The van der Waals surface area contributed by atoms with Crippen molar-refractivity contribution in [2.24, 2.45) is 0 Å². The van der Waals surface area contributed by atoms with E-state index in [0.717, 1.165) is 54.0 Å². The van der Waals surface area contributed by atoms with Gasteiger partial charge < -0.3 is 20.1 Å². The zero-order valence-corrected chi connectivity index (χ0v) is 18.0. The van der Waals surface area contributed by atoms with E-state index >= 15 is 0 Å². The number of nitrogens with zero attached hydrogens (tertiary/aromatic N) is 1. The Hall–Kier alpha value is -1.43. The van der Waals surface area contributed by atoms with E-state index in [4.69, 9.17) is 15.2 Å². The Morgan fingerprint density at radius 2 is 1.58 bits per heavy atom. The minimum atomic E-state index is 0. The Kier molecular flexibility index (Phi) is 9.84. The summed E-state index contributed by atoms with van der Waals surface area (Å²) in [5.41, 5.74) is 9.19. The van der Waals surface area contributed by atoms with Crippen LogP contribution in [0.1, 0.15) is 17.5 Å². The number of hydrogen-bond acceptors (Lipinski definition) is 4. The molecule has 0 radical (unpaired) electrons. The quantitative estimate of drug-likeness (QED) is 0.576. The lowest BCUT2D eigenvalue weighted by Gasteiger charge is -2.17. The number of methoxy groups -OCH3 is 2. The zero-order valence-electron chi connectivity index (χ0n) is 15.6. The summed E-state index contributed by atoms with van der Waals surface area (Å²) < 4.78 is 11.6. The van der Waals surface area contributed by atoms with E-state index in [2.05, 4.69) is 52.1 Å². The highest BCUT2D eigenvalue weighted by Crippen LogP contribution is 2.27. The molecule has 0 atom stereocenters. The summed E-state index contributed by atoms with van der Waals surface area (Å²) in [6.45, 7) is 2.08. The Bertz CT molecular complexity index is 698. The molecule has 2 rings (SSSR count). The van der Waals surface area contributed by atoms with Crippen LogP contribution >= 0.6 is 28.3 Å². The van der Waals surface area contributed by atoms with Crippen LogP contribution in [-0.4, -0.2) is 39.3 Å². The molecule has 0 fully saturated rings. The smallest absolute Gasteiger partial charge is 0.160 e. The molecule has 0 bridgehead atoms. The second kappa shape index (κ2) is 11.3. The van der Waals surface area contributed by atoms with Gasteiger partial charge in [-0.25, -0.2) is 0 Å².